The van der Waals surface area contributed by atoms with Crippen molar-refractivity contribution >= 4 is 6.03 Å². The largest absolute Gasteiger partial charge is 0.573 e. The molecule has 1 aliphatic heterocycles. The highest BCUT2D eigenvalue weighted by Gasteiger charge is 2.31. The van der Waals surface area contributed by atoms with Crippen molar-refractivity contribution in [3.05, 3.63) is 78.5 Å². The highest BCUT2D eigenvalue weighted by molar-refractivity contribution is 5.76. The minimum Gasteiger partial charge on any atom is -0.406 e. The molecule has 2 aromatic carbocycles. The average Bonchev–Trinajstić information content (AvgIpc) is 3.29. The number of halogens is 3. The fraction of sp³-hybridized carbons (Fsp3) is 0.261. The molecule has 10 heteroatoms. The Morgan fingerprint density at radius 2 is 1.85 bits per heavy atom. The lowest BCUT2D eigenvalue weighted by Crippen LogP contribution is -2.46. The summed E-state index contributed by atoms with van der Waals surface area (Å²) in [6, 6.07) is 14.3. The number of amides is 1. The van der Waals surface area contributed by atoms with Crippen LogP contribution in [0.2, 0.25) is 0 Å². The summed E-state index contributed by atoms with van der Waals surface area (Å²) in [7, 11) is 0. The van der Waals surface area contributed by atoms with Crippen LogP contribution in [0.3, 0.4) is 0 Å². The number of carbonyl (C=O) groups is 1. The van der Waals surface area contributed by atoms with Crippen molar-refractivity contribution in [2.45, 2.75) is 25.4 Å². The topological polar surface area (TPSA) is 69.5 Å². The number of aromatic nitrogens is 3. The molecule has 4 rings (SSSR count). The van der Waals surface area contributed by atoms with Gasteiger partial charge < -0.3 is 14.4 Å². The molecule has 0 radical (unpaired) electrons. The average molecular weight is 458 g/mol. The van der Waals surface area contributed by atoms with Crippen molar-refractivity contribution in [1.82, 2.24) is 19.9 Å². The maximum absolute atomic E-state index is 13.0. The summed E-state index contributed by atoms with van der Waals surface area (Å²) in [5.41, 5.74) is 1.90. The second-order valence-corrected chi connectivity index (χ2v) is 7.35. The van der Waals surface area contributed by atoms with E-state index in [1.807, 2.05) is 42.5 Å². The number of ether oxygens (including phenoxy) is 2. The van der Waals surface area contributed by atoms with Crippen LogP contribution < -0.4 is 4.74 Å². The van der Waals surface area contributed by atoms with E-state index >= 15 is 0 Å². The van der Waals surface area contributed by atoms with Crippen molar-refractivity contribution in [1.29, 1.82) is 0 Å². The van der Waals surface area contributed by atoms with Gasteiger partial charge in [0, 0.05) is 12.1 Å². The Balaban J connectivity index is 1.40. The molecule has 0 spiro atoms. The van der Waals surface area contributed by atoms with E-state index in [9.17, 15) is 18.0 Å². The molecule has 0 saturated carbocycles. The maximum atomic E-state index is 13.0. The minimum absolute atomic E-state index is 0.261. The van der Waals surface area contributed by atoms with Gasteiger partial charge in [-0.1, -0.05) is 47.3 Å². The summed E-state index contributed by atoms with van der Waals surface area (Å²) in [5.74, 6) is -0.340. The van der Waals surface area contributed by atoms with Crippen LogP contribution in [0.25, 0.3) is 11.3 Å². The molecular weight excluding hydrogens is 437 g/mol. The van der Waals surface area contributed by atoms with Gasteiger partial charge in [-0.15, -0.1) is 18.3 Å². The second kappa shape index (κ2) is 9.86. The van der Waals surface area contributed by atoms with E-state index in [0.29, 0.717) is 37.4 Å². The van der Waals surface area contributed by atoms with Gasteiger partial charge >= 0.3 is 12.4 Å². The molecule has 1 aromatic heterocycles. The highest BCUT2D eigenvalue weighted by Crippen LogP contribution is 2.25. The molecule has 0 bridgehead atoms. The van der Waals surface area contributed by atoms with E-state index in [2.05, 4.69) is 14.9 Å². The normalized spacial score (nSPS) is 16.1. The Bertz CT molecular complexity index is 1100. The van der Waals surface area contributed by atoms with E-state index in [-0.39, 0.29) is 11.8 Å². The molecule has 1 aliphatic rings. The van der Waals surface area contributed by atoms with Gasteiger partial charge in [-0.2, -0.15) is 5.10 Å². The van der Waals surface area contributed by atoms with Crippen LogP contribution in [-0.2, 0) is 11.3 Å². The van der Waals surface area contributed by atoms with E-state index < -0.39 is 12.4 Å². The second-order valence-electron chi connectivity index (χ2n) is 7.35. The predicted molar refractivity (Wildman–Crippen MR) is 113 cm³/mol. The van der Waals surface area contributed by atoms with Gasteiger partial charge in [0.25, 0.3) is 0 Å². The summed E-state index contributed by atoms with van der Waals surface area (Å²) >= 11 is 0. The summed E-state index contributed by atoms with van der Waals surface area (Å²) in [4.78, 5) is 15.6. The molecule has 0 N–H and O–H groups in total. The Hall–Kier alpha value is -3.66. The van der Waals surface area contributed by atoms with Crippen molar-refractivity contribution in [2.75, 3.05) is 13.2 Å². The molecule has 1 amide bonds. The van der Waals surface area contributed by atoms with Gasteiger partial charge in [-0.25, -0.2) is 4.79 Å². The monoisotopic (exact) mass is 458 g/mol. The summed E-state index contributed by atoms with van der Waals surface area (Å²) in [6.45, 7) is 1.26. The van der Waals surface area contributed by atoms with Gasteiger partial charge in [0.05, 0.1) is 25.5 Å². The lowest BCUT2D eigenvalue weighted by molar-refractivity contribution is -0.274. The van der Waals surface area contributed by atoms with Crippen molar-refractivity contribution in [2.24, 2.45) is 0 Å². The highest BCUT2D eigenvalue weighted by atomic mass is 19.4. The number of benzene rings is 2. The third-order valence-electron chi connectivity index (χ3n) is 4.99. The molecule has 33 heavy (non-hydrogen) atoms. The number of hydrogen-bond acceptors (Lipinski definition) is 5. The maximum Gasteiger partial charge on any atom is 0.573 e. The van der Waals surface area contributed by atoms with Gasteiger partial charge in [-0.05, 0) is 36.2 Å². The lowest BCUT2D eigenvalue weighted by atomic mass is 10.1. The molecular formula is C23H21F3N4O3. The molecule has 0 aliphatic carbocycles. The number of rotatable bonds is 6. The zero-order valence-corrected chi connectivity index (χ0v) is 17.5. The molecule has 0 fully saturated rings. The Morgan fingerprint density at radius 3 is 2.58 bits per heavy atom. The third kappa shape index (κ3) is 5.98. The molecule has 1 atom stereocenters. The van der Waals surface area contributed by atoms with Crippen LogP contribution in [0, 0.1) is 0 Å². The van der Waals surface area contributed by atoms with Gasteiger partial charge in [-0.3, -0.25) is 0 Å². The van der Waals surface area contributed by atoms with Crippen LogP contribution in [0.15, 0.2) is 72.9 Å². The lowest BCUT2D eigenvalue weighted by Gasteiger charge is -2.31. The molecule has 2 heterocycles. The first-order chi connectivity index (χ1) is 15.9. The van der Waals surface area contributed by atoms with Gasteiger partial charge in [0.2, 0.25) is 0 Å². The zero-order valence-electron chi connectivity index (χ0n) is 17.5. The van der Waals surface area contributed by atoms with Crippen LogP contribution in [-0.4, -0.2) is 51.5 Å². The van der Waals surface area contributed by atoms with Crippen LogP contribution in [0.1, 0.15) is 12.0 Å². The van der Waals surface area contributed by atoms with Gasteiger partial charge in [0.15, 0.2) is 0 Å². The number of hydrogen-bond donors (Lipinski definition) is 0. The van der Waals surface area contributed by atoms with E-state index in [1.165, 1.54) is 30.5 Å². The molecule has 172 valence electrons. The van der Waals surface area contributed by atoms with Crippen LogP contribution >= 0.6 is 0 Å². The molecule has 7 nitrogen and oxygen atoms in total. The van der Waals surface area contributed by atoms with E-state index in [0.717, 1.165) is 10.4 Å². The summed E-state index contributed by atoms with van der Waals surface area (Å²) in [6.07, 6.45) is 1.26. The van der Waals surface area contributed by atoms with Crippen LogP contribution in [0.5, 0.6) is 5.75 Å². The quantitative estimate of drug-likeness (QED) is 0.503. The number of alkyl halides is 3. The van der Waals surface area contributed by atoms with Gasteiger partial charge in [0.1, 0.15) is 11.4 Å². The first-order valence-corrected chi connectivity index (χ1v) is 10.3. The summed E-state index contributed by atoms with van der Waals surface area (Å²) < 4.78 is 46.7. The molecule has 0 saturated heterocycles. The van der Waals surface area contributed by atoms with Crippen molar-refractivity contribution < 1.29 is 27.4 Å². The standard InChI is InChI=1S/C23H21F3N4O3/c24-23(25,26)33-20-11-9-18(10-12-20)21-14-27-30(28-21)22(31)29-13-5-4-8-19(29)16-32-15-17-6-2-1-3-7-17/h1-4,6-12,14,19H,5,13,15-16H2. The summed E-state index contributed by atoms with van der Waals surface area (Å²) in [5, 5.41) is 8.26. The Labute approximate surface area is 188 Å². The number of carbonyl (C=O) groups excluding carboxylic acids is 1. The molecule has 1 unspecified atom stereocenters. The smallest absolute Gasteiger partial charge is 0.406 e. The first kappa shape index (κ1) is 22.5. The SMILES string of the molecule is O=C(N1CCC=CC1COCc1ccccc1)n1ncc(-c2ccc(OC(F)(F)F)cc2)n1. The third-order valence-corrected chi connectivity index (χ3v) is 4.99. The fourth-order valence-corrected chi connectivity index (χ4v) is 3.42. The van der Waals surface area contributed by atoms with Crippen molar-refractivity contribution in [3.63, 3.8) is 0 Å². The predicted octanol–water partition coefficient (Wildman–Crippen LogP) is 4.66. The Kier molecular flexibility index (Phi) is 6.74. The van der Waals surface area contributed by atoms with E-state index in [4.69, 9.17) is 4.74 Å². The van der Waals surface area contributed by atoms with E-state index in [1.54, 1.807) is 4.90 Å². The molecule has 3 aromatic rings. The zero-order chi connectivity index (χ0) is 23.3. The first-order valence-electron chi connectivity index (χ1n) is 10.3. The number of nitrogens with zero attached hydrogens (tertiary/aromatic N) is 4. The fourth-order valence-electron chi connectivity index (χ4n) is 3.42. The van der Waals surface area contributed by atoms with Crippen LogP contribution in [0.4, 0.5) is 18.0 Å². The minimum atomic E-state index is -4.76. The van der Waals surface area contributed by atoms with Crippen molar-refractivity contribution in [3.8, 4) is 17.0 Å². The Morgan fingerprint density at radius 1 is 1.09 bits per heavy atom.